The molecule has 1 unspecified atom stereocenters. The summed E-state index contributed by atoms with van der Waals surface area (Å²) in [7, 11) is 1.56. The molecule has 0 aromatic carbocycles. The van der Waals surface area contributed by atoms with Crippen molar-refractivity contribution in [3.63, 3.8) is 0 Å². The quantitative estimate of drug-likeness (QED) is 0.771. The molecule has 5 heteroatoms. The first-order chi connectivity index (χ1) is 7.69. The van der Waals surface area contributed by atoms with Crippen molar-refractivity contribution < 1.29 is 13.9 Å². The van der Waals surface area contributed by atoms with E-state index in [9.17, 15) is 9.18 Å². The van der Waals surface area contributed by atoms with Gasteiger partial charge in [-0.15, -0.1) is 0 Å². The summed E-state index contributed by atoms with van der Waals surface area (Å²) >= 11 is 0. The van der Waals surface area contributed by atoms with Crippen LogP contribution < -0.4 is 5.32 Å². The van der Waals surface area contributed by atoms with Crippen molar-refractivity contribution in [1.29, 1.82) is 0 Å². The van der Waals surface area contributed by atoms with Crippen LogP contribution >= 0.6 is 0 Å². The first kappa shape index (κ1) is 12.6. The summed E-state index contributed by atoms with van der Waals surface area (Å²) in [6.07, 6.45) is 2.03. The van der Waals surface area contributed by atoms with Crippen LogP contribution in [0.1, 0.15) is 23.7 Å². The van der Waals surface area contributed by atoms with Crippen molar-refractivity contribution in [3.05, 3.63) is 29.8 Å². The molecule has 0 aliphatic carbocycles. The Morgan fingerprint density at radius 3 is 3.00 bits per heavy atom. The smallest absolute Gasteiger partial charge is 0.256 e. The van der Waals surface area contributed by atoms with Crippen molar-refractivity contribution >= 4 is 5.91 Å². The molecule has 1 N–H and O–H groups in total. The predicted molar refractivity (Wildman–Crippen MR) is 57.6 cm³/mol. The maximum absolute atomic E-state index is 13.2. The van der Waals surface area contributed by atoms with Gasteiger partial charge in [-0.25, -0.2) is 4.98 Å². The Bertz CT molecular complexity index is 358. The Balaban J connectivity index is 2.68. The minimum Gasteiger partial charge on any atom is -0.383 e. The number of nitrogens with zero attached hydrogens (tertiary/aromatic N) is 1. The van der Waals surface area contributed by atoms with E-state index in [0.717, 1.165) is 6.42 Å². The van der Waals surface area contributed by atoms with E-state index < -0.39 is 11.9 Å². The Labute approximate surface area is 93.8 Å². The molecule has 1 aromatic rings. The van der Waals surface area contributed by atoms with E-state index in [4.69, 9.17) is 4.74 Å². The number of hydrogen-bond acceptors (Lipinski definition) is 3. The molecule has 88 valence electrons. The number of halogens is 1. The normalized spacial score (nSPS) is 12.2. The third-order valence-corrected chi connectivity index (χ3v) is 2.20. The Morgan fingerprint density at radius 1 is 1.69 bits per heavy atom. The first-order valence-electron chi connectivity index (χ1n) is 5.09. The number of rotatable bonds is 5. The summed E-state index contributed by atoms with van der Waals surface area (Å²) in [5, 5.41) is 2.68. The van der Waals surface area contributed by atoms with Gasteiger partial charge in [-0.2, -0.15) is 4.39 Å². The fraction of sp³-hybridized carbons (Fsp3) is 0.455. The number of hydrogen-bond donors (Lipinski definition) is 1. The van der Waals surface area contributed by atoms with Gasteiger partial charge in [0.25, 0.3) is 5.91 Å². The molecule has 0 bridgehead atoms. The molecule has 1 aromatic heterocycles. The van der Waals surface area contributed by atoms with Crippen LogP contribution in [0.2, 0.25) is 0 Å². The molecule has 0 radical (unpaired) electrons. The Hall–Kier alpha value is -1.49. The lowest BCUT2D eigenvalue weighted by molar-refractivity contribution is 0.0889. The highest BCUT2D eigenvalue weighted by molar-refractivity contribution is 5.94. The second kappa shape index (κ2) is 6.17. The maximum atomic E-state index is 13.2. The summed E-state index contributed by atoms with van der Waals surface area (Å²) in [5.74, 6) is -1.22. The fourth-order valence-electron chi connectivity index (χ4n) is 1.28. The van der Waals surface area contributed by atoms with Gasteiger partial charge in [0.05, 0.1) is 18.2 Å². The van der Waals surface area contributed by atoms with Crippen LogP contribution in [0.5, 0.6) is 0 Å². The highest BCUT2D eigenvalue weighted by Gasteiger charge is 2.15. The van der Waals surface area contributed by atoms with Gasteiger partial charge < -0.3 is 10.1 Å². The van der Waals surface area contributed by atoms with E-state index in [2.05, 4.69) is 10.3 Å². The highest BCUT2D eigenvalue weighted by atomic mass is 19.1. The minimum atomic E-state index is -0.757. The molecule has 0 spiro atoms. The van der Waals surface area contributed by atoms with E-state index >= 15 is 0 Å². The summed E-state index contributed by atoms with van der Waals surface area (Å²) in [6, 6.07) is 2.81. The van der Waals surface area contributed by atoms with Crippen LogP contribution in [0.3, 0.4) is 0 Å². The summed E-state index contributed by atoms with van der Waals surface area (Å²) < 4.78 is 18.1. The van der Waals surface area contributed by atoms with Crippen LogP contribution in [-0.2, 0) is 4.74 Å². The van der Waals surface area contributed by atoms with Gasteiger partial charge in [0.15, 0.2) is 0 Å². The number of pyridine rings is 1. The molecule has 0 fully saturated rings. The van der Waals surface area contributed by atoms with Crippen LogP contribution in [-0.4, -0.2) is 30.6 Å². The number of nitrogens with one attached hydrogen (secondary N) is 1. The fourth-order valence-corrected chi connectivity index (χ4v) is 1.28. The molecular weight excluding hydrogens is 211 g/mol. The van der Waals surface area contributed by atoms with Gasteiger partial charge in [0, 0.05) is 13.3 Å². The largest absolute Gasteiger partial charge is 0.383 e. The lowest BCUT2D eigenvalue weighted by Gasteiger charge is -2.15. The SMILES string of the molecule is CCC(COC)NC(=O)c1cccnc1F. The summed E-state index contributed by atoms with van der Waals surface area (Å²) in [4.78, 5) is 15.1. The second-order valence-corrected chi connectivity index (χ2v) is 3.38. The van der Waals surface area contributed by atoms with Gasteiger partial charge in [-0.05, 0) is 18.6 Å². The lowest BCUT2D eigenvalue weighted by atomic mass is 10.2. The molecular formula is C11H15FN2O2. The van der Waals surface area contributed by atoms with Crippen LogP contribution in [0.4, 0.5) is 4.39 Å². The standard InChI is InChI=1S/C11H15FN2O2/c1-3-8(7-16-2)14-11(15)9-5-4-6-13-10(9)12/h4-6,8H,3,7H2,1-2H3,(H,14,15). The number of aromatic nitrogens is 1. The highest BCUT2D eigenvalue weighted by Crippen LogP contribution is 2.04. The van der Waals surface area contributed by atoms with Crippen molar-refractivity contribution in [3.8, 4) is 0 Å². The van der Waals surface area contributed by atoms with Crippen LogP contribution in [0.25, 0.3) is 0 Å². The second-order valence-electron chi connectivity index (χ2n) is 3.38. The van der Waals surface area contributed by atoms with Gasteiger partial charge in [-0.3, -0.25) is 4.79 Å². The lowest BCUT2D eigenvalue weighted by Crippen LogP contribution is -2.38. The molecule has 0 aliphatic heterocycles. The average Bonchev–Trinajstić information content (AvgIpc) is 2.28. The van der Waals surface area contributed by atoms with E-state index in [0.29, 0.717) is 6.61 Å². The third kappa shape index (κ3) is 3.27. The van der Waals surface area contributed by atoms with Crippen LogP contribution in [0.15, 0.2) is 18.3 Å². The maximum Gasteiger partial charge on any atom is 0.256 e. The van der Waals surface area contributed by atoms with Crippen molar-refractivity contribution in [2.24, 2.45) is 0 Å². The Kier molecular flexibility index (Phi) is 4.85. The van der Waals surface area contributed by atoms with E-state index in [1.165, 1.54) is 18.3 Å². The number of carbonyl (C=O) groups is 1. The van der Waals surface area contributed by atoms with Gasteiger partial charge in [0.1, 0.15) is 0 Å². The topological polar surface area (TPSA) is 51.2 Å². The average molecular weight is 226 g/mol. The number of amides is 1. The molecule has 1 rings (SSSR count). The Morgan fingerprint density at radius 2 is 2.44 bits per heavy atom. The van der Waals surface area contributed by atoms with Crippen molar-refractivity contribution in [1.82, 2.24) is 10.3 Å². The first-order valence-corrected chi connectivity index (χ1v) is 5.09. The zero-order chi connectivity index (χ0) is 12.0. The minimum absolute atomic E-state index is 0.0444. The van der Waals surface area contributed by atoms with E-state index in [1.54, 1.807) is 7.11 Å². The van der Waals surface area contributed by atoms with Gasteiger partial charge in [-0.1, -0.05) is 6.92 Å². The molecule has 4 nitrogen and oxygen atoms in total. The van der Waals surface area contributed by atoms with Gasteiger partial charge in [0.2, 0.25) is 5.95 Å². The number of ether oxygens (including phenoxy) is 1. The molecule has 1 heterocycles. The zero-order valence-corrected chi connectivity index (χ0v) is 9.37. The van der Waals surface area contributed by atoms with Gasteiger partial charge >= 0.3 is 0 Å². The molecule has 0 aliphatic rings. The molecule has 16 heavy (non-hydrogen) atoms. The van der Waals surface area contributed by atoms with Crippen LogP contribution in [0, 0.1) is 5.95 Å². The molecule has 1 atom stereocenters. The zero-order valence-electron chi connectivity index (χ0n) is 9.37. The van der Waals surface area contributed by atoms with Crippen molar-refractivity contribution in [2.45, 2.75) is 19.4 Å². The predicted octanol–water partition coefficient (Wildman–Crippen LogP) is 1.38. The van der Waals surface area contributed by atoms with Crippen molar-refractivity contribution in [2.75, 3.05) is 13.7 Å². The van der Waals surface area contributed by atoms with E-state index in [1.807, 2.05) is 6.92 Å². The molecule has 1 amide bonds. The monoisotopic (exact) mass is 226 g/mol. The number of methoxy groups -OCH3 is 1. The number of carbonyl (C=O) groups excluding carboxylic acids is 1. The summed E-state index contributed by atoms with van der Waals surface area (Å²) in [6.45, 7) is 2.33. The molecule has 0 saturated carbocycles. The van der Waals surface area contributed by atoms with E-state index in [-0.39, 0.29) is 11.6 Å². The third-order valence-electron chi connectivity index (χ3n) is 2.20. The molecule has 0 saturated heterocycles. The summed E-state index contributed by atoms with van der Waals surface area (Å²) in [5.41, 5.74) is -0.0444.